The molecule has 0 spiro atoms. The molecule has 1 aromatic heterocycles. The van der Waals surface area contributed by atoms with E-state index in [-0.39, 0.29) is 11.9 Å². The molecule has 0 aliphatic carbocycles. The molecule has 0 radical (unpaired) electrons. The van der Waals surface area contributed by atoms with Crippen molar-refractivity contribution in [2.45, 2.75) is 26.8 Å². The Morgan fingerprint density at radius 1 is 1.65 bits per heavy atom. The number of nitrogens with zero attached hydrogens (tertiary/aromatic N) is 2. The molecule has 1 atom stereocenters. The van der Waals surface area contributed by atoms with E-state index in [2.05, 4.69) is 24.1 Å². The molecular weight excluding hydrogens is 276 g/mol. The third kappa shape index (κ3) is 3.40. The molecule has 20 heavy (non-hydrogen) atoms. The Bertz CT molecular complexity index is 475. The highest BCUT2D eigenvalue weighted by molar-refractivity contribution is 7.18. The van der Waals surface area contributed by atoms with Crippen molar-refractivity contribution in [1.82, 2.24) is 9.88 Å². The Hall–Kier alpha value is -1.34. The first kappa shape index (κ1) is 15.1. The summed E-state index contributed by atoms with van der Waals surface area (Å²) in [6.07, 6.45) is 0. The zero-order valence-corrected chi connectivity index (χ0v) is 13.0. The Morgan fingerprint density at radius 3 is 3.05 bits per heavy atom. The van der Waals surface area contributed by atoms with Gasteiger partial charge in [0.15, 0.2) is 5.13 Å². The molecule has 1 saturated heterocycles. The van der Waals surface area contributed by atoms with E-state index in [1.807, 2.05) is 6.92 Å². The molecule has 1 fully saturated rings. The highest BCUT2D eigenvalue weighted by Crippen LogP contribution is 2.27. The fourth-order valence-electron chi connectivity index (χ4n) is 2.01. The van der Waals surface area contributed by atoms with Gasteiger partial charge >= 0.3 is 0 Å². The number of anilines is 2. The summed E-state index contributed by atoms with van der Waals surface area (Å²) in [5.74, 6) is 0.775. The second-order valence-electron chi connectivity index (χ2n) is 5.43. The van der Waals surface area contributed by atoms with Gasteiger partial charge in [-0.05, 0) is 12.8 Å². The number of morpholine rings is 1. The van der Waals surface area contributed by atoms with E-state index in [1.165, 1.54) is 11.3 Å². The predicted octanol–water partition coefficient (Wildman–Crippen LogP) is 1.65. The van der Waals surface area contributed by atoms with Crippen LogP contribution >= 0.6 is 11.3 Å². The fourth-order valence-corrected chi connectivity index (χ4v) is 2.86. The second kappa shape index (κ2) is 6.41. The summed E-state index contributed by atoms with van der Waals surface area (Å²) in [6, 6.07) is 0.0739. The number of rotatable bonds is 4. The van der Waals surface area contributed by atoms with Crippen molar-refractivity contribution in [3.8, 4) is 0 Å². The minimum Gasteiger partial charge on any atom is -0.382 e. The molecular formula is C13H22N4O2S. The Morgan fingerprint density at radius 2 is 2.40 bits per heavy atom. The van der Waals surface area contributed by atoms with Gasteiger partial charge in [-0.1, -0.05) is 25.2 Å². The molecule has 7 heteroatoms. The van der Waals surface area contributed by atoms with Crippen LogP contribution in [0.15, 0.2) is 0 Å². The van der Waals surface area contributed by atoms with Gasteiger partial charge < -0.3 is 20.7 Å². The zero-order chi connectivity index (χ0) is 14.7. The average molecular weight is 298 g/mol. The molecule has 1 aliphatic rings. The number of carbonyl (C=O) groups is 1. The standard InChI is InChI=1S/C13H22N4O2S/c1-8(2)6-15-13-16-11(14)10(20-13)12(18)17-4-5-19-7-9(17)3/h8-9H,4-7,14H2,1-3H3,(H,15,16). The number of hydrogen-bond donors (Lipinski definition) is 2. The summed E-state index contributed by atoms with van der Waals surface area (Å²) in [5, 5.41) is 3.92. The molecule has 3 N–H and O–H groups in total. The summed E-state index contributed by atoms with van der Waals surface area (Å²) in [4.78, 5) is 19.1. The highest BCUT2D eigenvalue weighted by atomic mass is 32.1. The van der Waals surface area contributed by atoms with Crippen molar-refractivity contribution in [1.29, 1.82) is 0 Å². The number of nitrogens with one attached hydrogen (secondary N) is 1. The van der Waals surface area contributed by atoms with E-state index >= 15 is 0 Å². The summed E-state index contributed by atoms with van der Waals surface area (Å²) in [7, 11) is 0. The monoisotopic (exact) mass is 298 g/mol. The molecule has 6 nitrogen and oxygen atoms in total. The maximum absolute atomic E-state index is 12.5. The third-order valence-electron chi connectivity index (χ3n) is 3.14. The Balaban J connectivity index is 2.09. The number of carbonyl (C=O) groups excluding carboxylic acids is 1. The largest absolute Gasteiger partial charge is 0.382 e. The van der Waals surface area contributed by atoms with Crippen LogP contribution in [0.1, 0.15) is 30.4 Å². The molecule has 0 bridgehead atoms. The maximum atomic E-state index is 12.5. The normalized spacial score (nSPS) is 19.4. The zero-order valence-electron chi connectivity index (χ0n) is 12.2. The van der Waals surface area contributed by atoms with E-state index in [0.29, 0.717) is 41.5 Å². The van der Waals surface area contributed by atoms with Gasteiger partial charge in [0.05, 0.1) is 19.3 Å². The van der Waals surface area contributed by atoms with Crippen LogP contribution in [0.4, 0.5) is 10.9 Å². The lowest BCUT2D eigenvalue weighted by atomic mass is 10.2. The van der Waals surface area contributed by atoms with Gasteiger partial charge in [-0.25, -0.2) is 4.98 Å². The molecule has 1 aliphatic heterocycles. The summed E-state index contributed by atoms with van der Waals surface area (Å²) >= 11 is 1.33. The topological polar surface area (TPSA) is 80.5 Å². The van der Waals surface area contributed by atoms with Crippen LogP contribution < -0.4 is 11.1 Å². The van der Waals surface area contributed by atoms with Gasteiger partial charge in [0.1, 0.15) is 10.7 Å². The predicted molar refractivity (Wildman–Crippen MR) is 81.2 cm³/mol. The number of thiazole rings is 1. The van der Waals surface area contributed by atoms with Crippen LogP contribution in [0.5, 0.6) is 0 Å². The lowest BCUT2D eigenvalue weighted by Crippen LogP contribution is -2.47. The SMILES string of the molecule is CC(C)CNc1nc(N)c(C(=O)N2CCOCC2C)s1. The first-order valence-electron chi connectivity index (χ1n) is 6.88. The lowest BCUT2D eigenvalue weighted by molar-refractivity contribution is 0.00391. The van der Waals surface area contributed by atoms with Gasteiger partial charge in [-0.15, -0.1) is 0 Å². The summed E-state index contributed by atoms with van der Waals surface area (Å²) in [6.45, 7) is 8.78. The first-order valence-corrected chi connectivity index (χ1v) is 7.69. The summed E-state index contributed by atoms with van der Waals surface area (Å²) < 4.78 is 5.35. The minimum atomic E-state index is -0.0478. The van der Waals surface area contributed by atoms with Crippen LogP contribution in [0.2, 0.25) is 0 Å². The van der Waals surface area contributed by atoms with E-state index in [9.17, 15) is 4.79 Å². The third-order valence-corrected chi connectivity index (χ3v) is 4.15. The number of hydrogen-bond acceptors (Lipinski definition) is 6. The second-order valence-corrected chi connectivity index (χ2v) is 6.43. The van der Waals surface area contributed by atoms with Crippen molar-refractivity contribution in [2.75, 3.05) is 37.4 Å². The Labute approximate surface area is 123 Å². The van der Waals surface area contributed by atoms with Crippen LogP contribution in [-0.4, -0.2) is 48.1 Å². The van der Waals surface area contributed by atoms with E-state index in [1.54, 1.807) is 4.90 Å². The van der Waals surface area contributed by atoms with Crippen molar-refractivity contribution >= 4 is 28.2 Å². The molecule has 0 aromatic carbocycles. The average Bonchev–Trinajstić information content (AvgIpc) is 2.77. The van der Waals surface area contributed by atoms with Gasteiger partial charge in [-0.3, -0.25) is 4.79 Å². The molecule has 1 amide bonds. The first-order chi connectivity index (χ1) is 9.49. The van der Waals surface area contributed by atoms with Gasteiger partial charge in [0.25, 0.3) is 5.91 Å². The van der Waals surface area contributed by atoms with E-state index in [4.69, 9.17) is 10.5 Å². The van der Waals surface area contributed by atoms with Crippen molar-refractivity contribution < 1.29 is 9.53 Å². The molecule has 2 heterocycles. The van der Waals surface area contributed by atoms with Gasteiger partial charge in [0.2, 0.25) is 0 Å². The highest BCUT2D eigenvalue weighted by Gasteiger charge is 2.28. The summed E-state index contributed by atoms with van der Waals surface area (Å²) in [5.41, 5.74) is 5.88. The molecule has 1 aromatic rings. The van der Waals surface area contributed by atoms with Crippen LogP contribution in [0.25, 0.3) is 0 Å². The van der Waals surface area contributed by atoms with Crippen LogP contribution in [-0.2, 0) is 4.74 Å². The van der Waals surface area contributed by atoms with Crippen molar-refractivity contribution in [3.63, 3.8) is 0 Å². The number of ether oxygens (including phenoxy) is 1. The fraction of sp³-hybridized carbons (Fsp3) is 0.692. The number of aromatic nitrogens is 1. The lowest BCUT2D eigenvalue weighted by Gasteiger charge is -2.32. The smallest absolute Gasteiger partial charge is 0.268 e. The van der Waals surface area contributed by atoms with Crippen molar-refractivity contribution in [2.24, 2.45) is 5.92 Å². The van der Waals surface area contributed by atoms with E-state index in [0.717, 1.165) is 6.54 Å². The Kier molecular flexibility index (Phi) is 4.82. The number of nitrogens with two attached hydrogens (primary N) is 1. The maximum Gasteiger partial charge on any atom is 0.268 e. The minimum absolute atomic E-state index is 0.0478. The van der Waals surface area contributed by atoms with Gasteiger partial charge in [-0.2, -0.15) is 0 Å². The molecule has 2 rings (SSSR count). The van der Waals surface area contributed by atoms with E-state index < -0.39 is 0 Å². The van der Waals surface area contributed by atoms with Crippen LogP contribution in [0.3, 0.4) is 0 Å². The quantitative estimate of drug-likeness (QED) is 0.883. The van der Waals surface area contributed by atoms with Gasteiger partial charge in [0, 0.05) is 13.1 Å². The molecule has 1 unspecified atom stereocenters. The molecule has 0 saturated carbocycles. The molecule has 112 valence electrons. The van der Waals surface area contributed by atoms with Crippen LogP contribution in [0, 0.1) is 5.92 Å². The number of nitrogen functional groups attached to an aromatic ring is 1. The number of amides is 1. The van der Waals surface area contributed by atoms with Crippen molar-refractivity contribution in [3.05, 3.63) is 4.88 Å².